The Morgan fingerprint density at radius 2 is 2.04 bits per heavy atom. The highest BCUT2D eigenvalue weighted by atomic mass is 19.2. The molecule has 0 heterocycles. The highest BCUT2D eigenvalue weighted by Crippen LogP contribution is 2.28. The Morgan fingerprint density at radius 3 is 2.72 bits per heavy atom. The first kappa shape index (κ1) is 19.6. The highest BCUT2D eigenvalue weighted by molar-refractivity contribution is 5.67. The van der Waals surface area contributed by atoms with Crippen molar-refractivity contribution in [1.82, 2.24) is 10.6 Å². The molecule has 0 saturated heterocycles. The average Bonchev–Trinajstić information content (AvgIpc) is 2.93. The van der Waals surface area contributed by atoms with E-state index in [0.29, 0.717) is 12.1 Å². The van der Waals surface area contributed by atoms with Gasteiger partial charge in [0.15, 0.2) is 11.6 Å². The molecule has 2 rings (SSSR count). The van der Waals surface area contributed by atoms with Gasteiger partial charge in [-0.05, 0) is 52.5 Å². The van der Waals surface area contributed by atoms with Crippen LogP contribution in [0.4, 0.5) is 13.6 Å². The minimum absolute atomic E-state index is 0.146. The van der Waals surface area contributed by atoms with Gasteiger partial charge in [-0.25, -0.2) is 13.6 Å². The first-order valence-electron chi connectivity index (χ1n) is 8.84. The summed E-state index contributed by atoms with van der Waals surface area (Å²) in [6.07, 6.45) is 2.53. The zero-order chi connectivity index (χ0) is 18.6. The van der Waals surface area contributed by atoms with Crippen LogP contribution in [0.15, 0.2) is 18.2 Å². The van der Waals surface area contributed by atoms with Gasteiger partial charge in [-0.15, -0.1) is 0 Å². The topological polar surface area (TPSA) is 50.4 Å². The second kappa shape index (κ2) is 8.13. The normalized spacial score (nSPS) is 21.8. The molecule has 1 amide bonds. The number of hydrogen-bond donors (Lipinski definition) is 2. The van der Waals surface area contributed by atoms with Crippen LogP contribution in [-0.2, 0) is 4.74 Å². The van der Waals surface area contributed by atoms with Gasteiger partial charge < -0.3 is 15.4 Å². The summed E-state index contributed by atoms with van der Waals surface area (Å²) in [6, 6.07) is 4.07. The molecule has 6 heteroatoms. The predicted octanol–water partition coefficient (Wildman–Crippen LogP) is 4.31. The van der Waals surface area contributed by atoms with Crippen molar-refractivity contribution in [3.05, 3.63) is 35.4 Å². The first-order valence-corrected chi connectivity index (χ1v) is 8.84. The van der Waals surface area contributed by atoms with E-state index in [1.807, 2.05) is 27.7 Å². The molecule has 0 radical (unpaired) electrons. The van der Waals surface area contributed by atoms with Crippen LogP contribution in [0.1, 0.15) is 58.6 Å². The zero-order valence-electron chi connectivity index (χ0n) is 15.4. The maximum Gasteiger partial charge on any atom is 0.407 e. The minimum Gasteiger partial charge on any atom is -0.444 e. The van der Waals surface area contributed by atoms with E-state index in [9.17, 15) is 13.6 Å². The Kier molecular flexibility index (Phi) is 6.38. The summed E-state index contributed by atoms with van der Waals surface area (Å²) in [4.78, 5) is 11.8. The number of ether oxygens (including phenoxy) is 1. The maximum atomic E-state index is 13.9. The van der Waals surface area contributed by atoms with Crippen LogP contribution in [-0.4, -0.2) is 24.3 Å². The molecule has 4 nitrogen and oxygen atoms in total. The van der Waals surface area contributed by atoms with Crippen LogP contribution >= 0.6 is 0 Å². The molecular weight excluding hydrogens is 326 g/mol. The van der Waals surface area contributed by atoms with Gasteiger partial charge in [0.2, 0.25) is 0 Å². The van der Waals surface area contributed by atoms with E-state index in [1.54, 1.807) is 6.07 Å². The lowest BCUT2D eigenvalue weighted by Gasteiger charge is -2.26. The molecule has 1 fully saturated rings. The third-order valence-corrected chi connectivity index (χ3v) is 4.48. The minimum atomic E-state index is -0.833. The molecular formula is C19H28F2N2O2. The van der Waals surface area contributed by atoms with Gasteiger partial charge in [0, 0.05) is 24.2 Å². The Labute approximate surface area is 148 Å². The van der Waals surface area contributed by atoms with Gasteiger partial charge in [-0.2, -0.15) is 0 Å². The van der Waals surface area contributed by atoms with Gasteiger partial charge >= 0.3 is 6.09 Å². The molecule has 1 aliphatic carbocycles. The molecule has 1 saturated carbocycles. The fourth-order valence-corrected chi connectivity index (χ4v) is 3.29. The number of nitrogens with one attached hydrogen (secondary N) is 2. The maximum absolute atomic E-state index is 13.9. The molecule has 0 spiro atoms. The standard InChI is InChI=1S/C19H28F2N2O2/c1-12(14-8-6-9-15(20)17(14)21)23-16-10-5-7-13(16)11-22-18(24)25-19(2,3)4/h6,8-9,12-13,16,23H,5,7,10-11H2,1-4H3,(H,22,24). The number of hydrogen-bond acceptors (Lipinski definition) is 3. The van der Waals surface area contributed by atoms with Crippen LogP contribution in [0.3, 0.4) is 0 Å². The van der Waals surface area contributed by atoms with Crippen molar-refractivity contribution in [3.8, 4) is 0 Å². The Balaban J connectivity index is 1.90. The molecule has 0 aliphatic heterocycles. The van der Waals surface area contributed by atoms with Crippen molar-refractivity contribution in [1.29, 1.82) is 0 Å². The van der Waals surface area contributed by atoms with Crippen LogP contribution in [0.25, 0.3) is 0 Å². The summed E-state index contributed by atoms with van der Waals surface area (Å²) in [5.41, 5.74) is -0.202. The molecule has 0 aromatic heterocycles. The van der Waals surface area contributed by atoms with E-state index in [1.165, 1.54) is 6.07 Å². The Bertz CT molecular complexity index is 602. The summed E-state index contributed by atoms with van der Waals surface area (Å²) in [5.74, 6) is -1.39. The largest absolute Gasteiger partial charge is 0.444 e. The summed E-state index contributed by atoms with van der Waals surface area (Å²) >= 11 is 0. The molecule has 1 aromatic rings. The van der Waals surface area contributed by atoms with E-state index >= 15 is 0 Å². The van der Waals surface area contributed by atoms with Crippen molar-refractivity contribution in [3.63, 3.8) is 0 Å². The number of halogens is 2. The van der Waals surface area contributed by atoms with E-state index in [2.05, 4.69) is 10.6 Å². The predicted molar refractivity (Wildman–Crippen MR) is 93.3 cm³/mol. The van der Waals surface area contributed by atoms with Crippen LogP contribution < -0.4 is 10.6 Å². The SMILES string of the molecule is CC(NC1CCCC1CNC(=O)OC(C)(C)C)c1cccc(F)c1F. The van der Waals surface area contributed by atoms with E-state index in [-0.39, 0.29) is 18.0 Å². The summed E-state index contributed by atoms with van der Waals surface area (Å²) < 4.78 is 32.6. The lowest BCUT2D eigenvalue weighted by Crippen LogP contribution is -2.41. The molecule has 2 N–H and O–H groups in total. The van der Waals surface area contributed by atoms with Gasteiger partial charge in [0.05, 0.1) is 0 Å². The molecule has 0 bridgehead atoms. The summed E-state index contributed by atoms with van der Waals surface area (Å²) in [7, 11) is 0. The second-order valence-electron chi connectivity index (χ2n) is 7.71. The van der Waals surface area contributed by atoms with Crippen molar-refractivity contribution < 1.29 is 18.3 Å². The monoisotopic (exact) mass is 354 g/mol. The number of carbonyl (C=O) groups is 1. The lowest BCUT2D eigenvalue weighted by molar-refractivity contribution is 0.0517. The van der Waals surface area contributed by atoms with Crippen molar-refractivity contribution in [2.75, 3.05) is 6.54 Å². The third kappa shape index (κ3) is 5.66. The number of amides is 1. The molecule has 3 atom stereocenters. The van der Waals surface area contributed by atoms with Gasteiger partial charge in [0.1, 0.15) is 5.60 Å². The quantitative estimate of drug-likeness (QED) is 0.828. The van der Waals surface area contributed by atoms with Gasteiger partial charge in [-0.1, -0.05) is 18.6 Å². The first-order chi connectivity index (χ1) is 11.7. The van der Waals surface area contributed by atoms with E-state index < -0.39 is 23.3 Å². The second-order valence-corrected chi connectivity index (χ2v) is 7.71. The number of carbonyl (C=O) groups excluding carboxylic acids is 1. The molecule has 25 heavy (non-hydrogen) atoms. The van der Waals surface area contributed by atoms with E-state index in [4.69, 9.17) is 4.74 Å². The zero-order valence-corrected chi connectivity index (χ0v) is 15.4. The van der Waals surface area contributed by atoms with Gasteiger partial charge in [-0.3, -0.25) is 0 Å². The van der Waals surface area contributed by atoms with Crippen molar-refractivity contribution >= 4 is 6.09 Å². The van der Waals surface area contributed by atoms with Crippen molar-refractivity contribution in [2.24, 2.45) is 5.92 Å². The molecule has 140 valence electrons. The van der Waals surface area contributed by atoms with Crippen LogP contribution in [0, 0.1) is 17.6 Å². The molecule has 1 aromatic carbocycles. The lowest BCUT2D eigenvalue weighted by atomic mass is 10.0. The number of alkyl carbamates (subject to hydrolysis) is 1. The van der Waals surface area contributed by atoms with E-state index in [0.717, 1.165) is 25.3 Å². The van der Waals surface area contributed by atoms with Gasteiger partial charge in [0.25, 0.3) is 0 Å². The van der Waals surface area contributed by atoms with Crippen LogP contribution in [0.2, 0.25) is 0 Å². The van der Waals surface area contributed by atoms with Crippen LogP contribution in [0.5, 0.6) is 0 Å². The van der Waals surface area contributed by atoms with Crippen molar-refractivity contribution in [2.45, 2.75) is 64.6 Å². The smallest absolute Gasteiger partial charge is 0.407 e. The summed E-state index contributed by atoms with van der Waals surface area (Å²) in [6.45, 7) is 7.80. The Morgan fingerprint density at radius 1 is 1.32 bits per heavy atom. The summed E-state index contributed by atoms with van der Waals surface area (Å²) in [5, 5.41) is 6.20. The number of benzene rings is 1. The Hall–Kier alpha value is -1.69. The number of rotatable bonds is 5. The molecule has 1 aliphatic rings. The third-order valence-electron chi connectivity index (χ3n) is 4.48. The molecule has 3 unspecified atom stereocenters. The highest BCUT2D eigenvalue weighted by Gasteiger charge is 2.30. The average molecular weight is 354 g/mol. The fourth-order valence-electron chi connectivity index (χ4n) is 3.29. The fraction of sp³-hybridized carbons (Fsp3) is 0.632.